The van der Waals surface area contributed by atoms with Crippen LogP contribution in [0.1, 0.15) is 5.56 Å². The summed E-state index contributed by atoms with van der Waals surface area (Å²) in [6, 6.07) is 12.7. The number of methoxy groups -OCH3 is 1. The molecule has 3 nitrogen and oxygen atoms in total. The lowest BCUT2D eigenvalue weighted by atomic mass is 10.2. The molecule has 0 aliphatic heterocycles. The molecule has 0 fully saturated rings. The molecule has 0 atom stereocenters. The fourth-order valence-corrected chi connectivity index (χ4v) is 1.81. The molecule has 0 heterocycles. The molecule has 18 heavy (non-hydrogen) atoms. The molecular weight excluding hydrogens is 250 g/mol. The van der Waals surface area contributed by atoms with Crippen LogP contribution in [-0.2, 0) is 6.54 Å². The minimum absolute atomic E-state index is 0.212. The number of aromatic hydroxyl groups is 1. The van der Waals surface area contributed by atoms with Crippen LogP contribution in [0.5, 0.6) is 11.5 Å². The summed E-state index contributed by atoms with van der Waals surface area (Å²) < 4.78 is 5.03. The first-order valence-corrected chi connectivity index (χ1v) is 5.92. The van der Waals surface area contributed by atoms with Crippen molar-refractivity contribution in [3.8, 4) is 11.5 Å². The van der Waals surface area contributed by atoms with E-state index in [1.165, 1.54) is 0 Å². The second-order valence-electron chi connectivity index (χ2n) is 3.86. The summed E-state index contributed by atoms with van der Waals surface area (Å²) in [6.07, 6.45) is 0. The standard InChI is InChI=1S/C14H14ClNO2/c1-18-13-6-5-10(14(17)8-13)9-16-12-4-2-3-11(15)7-12/h2-8,16-17H,9H2,1H3. The Morgan fingerprint density at radius 2 is 2.06 bits per heavy atom. The lowest BCUT2D eigenvalue weighted by Gasteiger charge is -2.09. The Morgan fingerprint density at radius 3 is 2.72 bits per heavy atom. The number of phenolic OH excluding ortho intramolecular Hbond substituents is 1. The van der Waals surface area contributed by atoms with E-state index in [0.717, 1.165) is 11.3 Å². The van der Waals surface area contributed by atoms with Crippen molar-refractivity contribution in [1.82, 2.24) is 0 Å². The number of ether oxygens (including phenoxy) is 1. The van der Waals surface area contributed by atoms with Gasteiger partial charge in [-0.05, 0) is 30.3 Å². The van der Waals surface area contributed by atoms with E-state index in [1.807, 2.05) is 36.4 Å². The third-order valence-electron chi connectivity index (χ3n) is 2.60. The average Bonchev–Trinajstić information content (AvgIpc) is 2.37. The summed E-state index contributed by atoms with van der Waals surface area (Å²) in [5.41, 5.74) is 1.72. The van der Waals surface area contributed by atoms with Crippen LogP contribution in [0.25, 0.3) is 0 Å². The van der Waals surface area contributed by atoms with E-state index in [4.69, 9.17) is 16.3 Å². The van der Waals surface area contributed by atoms with E-state index in [9.17, 15) is 5.11 Å². The van der Waals surface area contributed by atoms with Gasteiger partial charge in [-0.3, -0.25) is 0 Å². The molecule has 0 amide bonds. The van der Waals surface area contributed by atoms with Crippen molar-refractivity contribution in [2.24, 2.45) is 0 Å². The molecule has 0 aliphatic carbocycles. The summed E-state index contributed by atoms with van der Waals surface area (Å²) in [7, 11) is 1.57. The molecular formula is C14H14ClNO2. The largest absolute Gasteiger partial charge is 0.507 e. The maximum atomic E-state index is 9.81. The highest BCUT2D eigenvalue weighted by molar-refractivity contribution is 6.30. The Labute approximate surface area is 111 Å². The zero-order valence-corrected chi connectivity index (χ0v) is 10.7. The predicted octanol–water partition coefficient (Wildman–Crippen LogP) is 3.67. The fourth-order valence-electron chi connectivity index (χ4n) is 1.62. The molecule has 0 aliphatic rings. The molecule has 2 N–H and O–H groups in total. The molecule has 0 saturated heterocycles. The molecule has 4 heteroatoms. The third-order valence-corrected chi connectivity index (χ3v) is 2.84. The van der Waals surface area contributed by atoms with Gasteiger partial charge in [-0.2, -0.15) is 0 Å². The van der Waals surface area contributed by atoms with Gasteiger partial charge >= 0.3 is 0 Å². The molecule has 0 saturated carbocycles. The minimum atomic E-state index is 0.212. The van der Waals surface area contributed by atoms with Gasteiger partial charge in [0, 0.05) is 28.9 Å². The lowest BCUT2D eigenvalue weighted by Crippen LogP contribution is -1.99. The molecule has 0 unspecified atom stereocenters. The highest BCUT2D eigenvalue weighted by Gasteiger charge is 2.03. The van der Waals surface area contributed by atoms with Crippen molar-refractivity contribution >= 4 is 17.3 Å². The van der Waals surface area contributed by atoms with Crippen molar-refractivity contribution in [3.05, 3.63) is 53.1 Å². The Kier molecular flexibility index (Phi) is 3.95. The molecule has 0 bridgehead atoms. The number of nitrogens with one attached hydrogen (secondary N) is 1. The van der Waals surface area contributed by atoms with E-state index >= 15 is 0 Å². The maximum absolute atomic E-state index is 9.81. The highest BCUT2D eigenvalue weighted by Crippen LogP contribution is 2.24. The van der Waals surface area contributed by atoms with Crippen LogP contribution < -0.4 is 10.1 Å². The topological polar surface area (TPSA) is 41.5 Å². The summed E-state index contributed by atoms with van der Waals surface area (Å²) in [6.45, 7) is 0.524. The Hall–Kier alpha value is -1.87. The SMILES string of the molecule is COc1ccc(CNc2cccc(Cl)c2)c(O)c1. The van der Waals surface area contributed by atoms with Crippen LogP contribution in [0.4, 0.5) is 5.69 Å². The number of phenols is 1. The Balaban J connectivity index is 2.06. The molecule has 0 spiro atoms. The molecule has 2 aromatic rings. The number of benzene rings is 2. The molecule has 0 radical (unpaired) electrons. The number of rotatable bonds is 4. The van der Waals surface area contributed by atoms with E-state index in [0.29, 0.717) is 17.3 Å². The quantitative estimate of drug-likeness (QED) is 0.884. The van der Waals surface area contributed by atoms with E-state index < -0.39 is 0 Å². The zero-order chi connectivity index (χ0) is 13.0. The van der Waals surface area contributed by atoms with Crippen molar-refractivity contribution in [1.29, 1.82) is 0 Å². The summed E-state index contributed by atoms with van der Waals surface area (Å²) in [5.74, 6) is 0.850. The van der Waals surface area contributed by atoms with Gasteiger partial charge in [0.15, 0.2) is 0 Å². The van der Waals surface area contributed by atoms with Gasteiger partial charge in [0.05, 0.1) is 7.11 Å². The van der Waals surface area contributed by atoms with Crippen LogP contribution in [0.15, 0.2) is 42.5 Å². The normalized spacial score (nSPS) is 10.1. The van der Waals surface area contributed by atoms with Gasteiger partial charge in [0.1, 0.15) is 11.5 Å². The van der Waals surface area contributed by atoms with Crippen molar-refractivity contribution < 1.29 is 9.84 Å². The van der Waals surface area contributed by atoms with E-state index in [-0.39, 0.29) is 5.75 Å². The molecule has 0 aromatic heterocycles. The van der Waals surface area contributed by atoms with E-state index in [2.05, 4.69) is 5.32 Å². The number of hydrogen-bond donors (Lipinski definition) is 2. The molecule has 94 valence electrons. The van der Waals surface area contributed by atoms with Gasteiger partial charge < -0.3 is 15.2 Å². The number of halogens is 1. The molecule has 2 rings (SSSR count). The number of anilines is 1. The monoisotopic (exact) mass is 263 g/mol. The van der Waals surface area contributed by atoms with Crippen LogP contribution >= 0.6 is 11.6 Å². The lowest BCUT2D eigenvalue weighted by molar-refractivity contribution is 0.406. The van der Waals surface area contributed by atoms with Gasteiger partial charge in [-0.25, -0.2) is 0 Å². The van der Waals surface area contributed by atoms with Crippen molar-refractivity contribution in [2.45, 2.75) is 6.54 Å². The first-order valence-electron chi connectivity index (χ1n) is 5.54. The zero-order valence-electron chi connectivity index (χ0n) is 9.98. The average molecular weight is 264 g/mol. The maximum Gasteiger partial charge on any atom is 0.124 e. The van der Waals surface area contributed by atoms with Crippen LogP contribution in [0.3, 0.4) is 0 Å². The Morgan fingerprint density at radius 1 is 1.22 bits per heavy atom. The van der Waals surface area contributed by atoms with E-state index in [1.54, 1.807) is 13.2 Å². The highest BCUT2D eigenvalue weighted by atomic mass is 35.5. The van der Waals surface area contributed by atoms with Gasteiger partial charge in [0.2, 0.25) is 0 Å². The first kappa shape index (κ1) is 12.6. The third kappa shape index (κ3) is 3.08. The minimum Gasteiger partial charge on any atom is -0.507 e. The predicted molar refractivity (Wildman–Crippen MR) is 73.4 cm³/mol. The van der Waals surface area contributed by atoms with Crippen LogP contribution in [0, 0.1) is 0 Å². The van der Waals surface area contributed by atoms with Gasteiger partial charge in [0.25, 0.3) is 0 Å². The van der Waals surface area contributed by atoms with Crippen molar-refractivity contribution in [3.63, 3.8) is 0 Å². The molecule has 2 aromatic carbocycles. The van der Waals surface area contributed by atoms with Crippen LogP contribution in [0.2, 0.25) is 5.02 Å². The van der Waals surface area contributed by atoms with Crippen LogP contribution in [-0.4, -0.2) is 12.2 Å². The van der Waals surface area contributed by atoms with Crippen molar-refractivity contribution in [2.75, 3.05) is 12.4 Å². The summed E-state index contributed by atoms with van der Waals surface area (Å²) in [5, 5.41) is 13.7. The first-order chi connectivity index (χ1) is 8.69. The summed E-state index contributed by atoms with van der Waals surface area (Å²) >= 11 is 5.89. The second kappa shape index (κ2) is 5.65. The second-order valence-corrected chi connectivity index (χ2v) is 4.29. The van der Waals surface area contributed by atoms with Gasteiger partial charge in [-0.1, -0.05) is 17.7 Å². The van der Waals surface area contributed by atoms with Gasteiger partial charge in [-0.15, -0.1) is 0 Å². The Bertz CT molecular complexity index is 543. The summed E-state index contributed by atoms with van der Waals surface area (Å²) in [4.78, 5) is 0. The number of hydrogen-bond acceptors (Lipinski definition) is 3. The smallest absolute Gasteiger partial charge is 0.124 e. The fraction of sp³-hybridized carbons (Fsp3) is 0.143.